The van der Waals surface area contributed by atoms with Crippen LogP contribution in [-0.4, -0.2) is 54.8 Å². The maximum Gasteiger partial charge on any atom is 0.292 e. The molecular weight excluding hydrogens is 386 g/mol. The lowest BCUT2D eigenvalue weighted by Crippen LogP contribution is -2.44. The van der Waals surface area contributed by atoms with Crippen molar-refractivity contribution >= 4 is 44.6 Å². The molecule has 1 fully saturated rings. The minimum atomic E-state index is -0.984. The number of primary amides is 1. The summed E-state index contributed by atoms with van der Waals surface area (Å²) in [6.45, 7) is 5.00. The molecule has 7 nitrogen and oxygen atoms in total. The monoisotopic (exact) mass is 409 g/mol. The van der Waals surface area contributed by atoms with Crippen LogP contribution in [0, 0.1) is 0 Å². The molecule has 0 aliphatic carbocycles. The van der Waals surface area contributed by atoms with E-state index in [1.54, 1.807) is 0 Å². The van der Waals surface area contributed by atoms with Crippen molar-refractivity contribution in [2.75, 3.05) is 43.4 Å². The minimum absolute atomic E-state index is 0.129. The average Bonchev–Trinajstić information content (AvgIpc) is 3.16. The molecule has 0 unspecified atom stereocenters. The Kier molecular flexibility index (Phi) is 5.46. The third kappa shape index (κ3) is 4.38. The lowest BCUT2D eigenvalue weighted by molar-refractivity contribution is -0.114. The molecule has 8 heteroatoms. The molecule has 0 atom stereocenters. The second-order valence-electron chi connectivity index (χ2n) is 7.21. The molecule has 2 heterocycles. The van der Waals surface area contributed by atoms with E-state index in [0.717, 1.165) is 36.6 Å². The van der Waals surface area contributed by atoms with Crippen LogP contribution in [0.1, 0.15) is 15.4 Å². The van der Waals surface area contributed by atoms with Crippen molar-refractivity contribution in [3.8, 4) is 0 Å². The summed E-state index contributed by atoms with van der Waals surface area (Å²) < 4.78 is 0.838. The number of Topliss-reactive ketones (excluding diaryl/α,β-unsaturated/α-hetero) is 1. The number of carbonyl (C=O) groups is 2. The van der Waals surface area contributed by atoms with Gasteiger partial charge in [-0.15, -0.1) is 11.3 Å². The molecule has 3 aromatic rings. The molecule has 150 valence electrons. The molecule has 1 aliphatic rings. The van der Waals surface area contributed by atoms with Crippen LogP contribution in [0.25, 0.3) is 10.2 Å². The number of nitrogens with one attached hydrogen (secondary N) is 1. The lowest BCUT2D eigenvalue weighted by atomic mass is 10.1. The molecule has 29 heavy (non-hydrogen) atoms. The molecule has 1 aromatic heterocycles. The van der Waals surface area contributed by atoms with Gasteiger partial charge >= 0.3 is 0 Å². The van der Waals surface area contributed by atoms with Crippen LogP contribution < -0.4 is 16.0 Å². The maximum atomic E-state index is 11.7. The summed E-state index contributed by atoms with van der Waals surface area (Å²) in [4.78, 5) is 31.7. The van der Waals surface area contributed by atoms with E-state index in [1.807, 2.05) is 18.2 Å². The topological polar surface area (TPSA) is 91.6 Å². The number of ketones is 1. The van der Waals surface area contributed by atoms with E-state index >= 15 is 0 Å². The van der Waals surface area contributed by atoms with Crippen molar-refractivity contribution in [3.05, 3.63) is 53.0 Å². The van der Waals surface area contributed by atoms with E-state index in [0.29, 0.717) is 12.1 Å². The van der Waals surface area contributed by atoms with Crippen LogP contribution in [0.3, 0.4) is 0 Å². The van der Waals surface area contributed by atoms with E-state index in [-0.39, 0.29) is 5.01 Å². The highest BCUT2D eigenvalue weighted by atomic mass is 32.1. The number of hydrogen-bond acceptors (Lipinski definition) is 7. The largest absolute Gasteiger partial charge is 0.381 e. The number of carbonyl (C=O) groups excluding carboxylic acids is 2. The Morgan fingerprint density at radius 2 is 1.83 bits per heavy atom. The predicted molar refractivity (Wildman–Crippen MR) is 117 cm³/mol. The first-order chi connectivity index (χ1) is 14.0. The van der Waals surface area contributed by atoms with Gasteiger partial charge in [-0.05, 0) is 42.9 Å². The number of thiazole rings is 1. The number of piperazine rings is 1. The molecule has 0 radical (unpaired) electrons. The van der Waals surface area contributed by atoms with Gasteiger partial charge in [0.1, 0.15) is 0 Å². The molecule has 0 saturated carbocycles. The number of aromatic nitrogens is 1. The van der Waals surface area contributed by atoms with Gasteiger partial charge in [-0.1, -0.05) is 12.1 Å². The minimum Gasteiger partial charge on any atom is -0.381 e. The summed E-state index contributed by atoms with van der Waals surface area (Å²) in [7, 11) is 2.16. The van der Waals surface area contributed by atoms with Crippen LogP contribution in [0.4, 0.5) is 11.4 Å². The van der Waals surface area contributed by atoms with Crippen LogP contribution in [0.15, 0.2) is 42.5 Å². The average molecular weight is 410 g/mol. The fraction of sp³-hybridized carbons (Fsp3) is 0.286. The molecule has 2 aromatic carbocycles. The molecule has 0 spiro atoms. The number of rotatable bonds is 6. The van der Waals surface area contributed by atoms with Crippen molar-refractivity contribution in [2.45, 2.75) is 6.54 Å². The normalized spacial score (nSPS) is 14.9. The zero-order chi connectivity index (χ0) is 20.4. The van der Waals surface area contributed by atoms with Crippen LogP contribution in [-0.2, 0) is 11.3 Å². The predicted octanol–water partition coefficient (Wildman–Crippen LogP) is 2.33. The molecule has 1 saturated heterocycles. The number of likely N-dealkylation sites (N-methyl/N-ethyl adjacent to an activating group) is 1. The highest BCUT2D eigenvalue weighted by Gasteiger charge is 2.17. The van der Waals surface area contributed by atoms with Crippen molar-refractivity contribution in [3.63, 3.8) is 0 Å². The molecule has 0 bridgehead atoms. The lowest BCUT2D eigenvalue weighted by Gasteiger charge is -2.34. The van der Waals surface area contributed by atoms with Gasteiger partial charge in [-0.2, -0.15) is 0 Å². The highest BCUT2D eigenvalue weighted by Crippen LogP contribution is 2.26. The van der Waals surface area contributed by atoms with Gasteiger partial charge in [-0.3, -0.25) is 9.59 Å². The van der Waals surface area contributed by atoms with Gasteiger partial charge in [0.25, 0.3) is 11.7 Å². The van der Waals surface area contributed by atoms with Gasteiger partial charge in [0.05, 0.1) is 10.2 Å². The van der Waals surface area contributed by atoms with Crippen molar-refractivity contribution in [1.29, 1.82) is 0 Å². The second-order valence-corrected chi connectivity index (χ2v) is 8.24. The molecular formula is C21H23N5O2S. The molecule has 1 amide bonds. The standard InChI is InChI=1S/C21H23N5O2S/c1-25-8-10-26(11-9-25)16-5-2-14(3-6-16)13-23-15-4-7-17-18(12-15)29-21(24-17)19(27)20(22)28/h2-7,12,23H,8-11,13H2,1H3,(H2,22,28). The molecule has 1 aliphatic heterocycles. The zero-order valence-electron chi connectivity index (χ0n) is 16.2. The summed E-state index contributed by atoms with van der Waals surface area (Å²) in [6, 6.07) is 14.3. The van der Waals surface area contributed by atoms with Gasteiger partial charge in [0, 0.05) is 44.1 Å². The first-order valence-corrected chi connectivity index (χ1v) is 10.3. The maximum absolute atomic E-state index is 11.7. The number of nitrogens with two attached hydrogens (primary N) is 1. The fourth-order valence-corrected chi connectivity index (χ4v) is 4.28. The Bertz CT molecular complexity index is 1040. The zero-order valence-corrected chi connectivity index (χ0v) is 17.0. The third-order valence-electron chi connectivity index (χ3n) is 5.11. The number of nitrogens with zero attached hydrogens (tertiary/aromatic N) is 3. The van der Waals surface area contributed by atoms with Crippen LogP contribution >= 0.6 is 11.3 Å². The third-order valence-corrected chi connectivity index (χ3v) is 6.12. The Morgan fingerprint density at radius 3 is 2.52 bits per heavy atom. The van der Waals surface area contributed by atoms with Crippen molar-refractivity contribution in [2.24, 2.45) is 5.73 Å². The number of amides is 1. The number of anilines is 2. The van der Waals surface area contributed by atoms with Crippen molar-refractivity contribution in [1.82, 2.24) is 9.88 Å². The fourth-order valence-electron chi connectivity index (χ4n) is 3.33. The Labute approximate surface area is 173 Å². The van der Waals surface area contributed by atoms with Crippen molar-refractivity contribution < 1.29 is 9.59 Å². The van der Waals surface area contributed by atoms with E-state index in [4.69, 9.17) is 5.73 Å². The SMILES string of the molecule is CN1CCN(c2ccc(CNc3ccc4nc(C(=O)C(N)=O)sc4c3)cc2)CC1. The van der Waals surface area contributed by atoms with E-state index in [9.17, 15) is 9.59 Å². The van der Waals surface area contributed by atoms with Crippen LogP contribution in [0.2, 0.25) is 0 Å². The Balaban J connectivity index is 1.40. The summed E-state index contributed by atoms with van der Waals surface area (Å²) in [6.07, 6.45) is 0. The number of fused-ring (bicyclic) bond motifs is 1. The van der Waals surface area contributed by atoms with Gasteiger partial charge in [0.2, 0.25) is 0 Å². The number of benzene rings is 2. The van der Waals surface area contributed by atoms with Gasteiger partial charge in [-0.25, -0.2) is 4.98 Å². The van der Waals surface area contributed by atoms with Gasteiger partial charge in [0.15, 0.2) is 5.01 Å². The quantitative estimate of drug-likeness (QED) is 0.480. The summed E-state index contributed by atoms with van der Waals surface area (Å²) in [5, 5.41) is 3.53. The smallest absolute Gasteiger partial charge is 0.292 e. The summed E-state index contributed by atoms with van der Waals surface area (Å²) >= 11 is 1.18. The van der Waals surface area contributed by atoms with E-state index in [2.05, 4.69) is 51.4 Å². The van der Waals surface area contributed by atoms with Gasteiger partial charge < -0.3 is 20.9 Å². The van der Waals surface area contributed by atoms with E-state index in [1.165, 1.54) is 22.6 Å². The Morgan fingerprint density at radius 1 is 1.10 bits per heavy atom. The first kappa shape index (κ1) is 19.4. The Hall–Kier alpha value is -2.97. The highest BCUT2D eigenvalue weighted by molar-refractivity contribution is 7.21. The molecule has 3 N–H and O–H groups in total. The first-order valence-electron chi connectivity index (χ1n) is 9.50. The summed E-state index contributed by atoms with van der Waals surface area (Å²) in [5.74, 6) is -1.73. The molecule has 4 rings (SSSR count). The van der Waals surface area contributed by atoms with E-state index < -0.39 is 11.7 Å². The number of hydrogen-bond donors (Lipinski definition) is 2. The summed E-state index contributed by atoms with van der Waals surface area (Å²) in [5.41, 5.74) is 9.13. The van der Waals surface area contributed by atoms with Crippen LogP contribution in [0.5, 0.6) is 0 Å². The second kappa shape index (κ2) is 8.18.